The molecule has 0 aromatic heterocycles. The summed E-state index contributed by atoms with van der Waals surface area (Å²) in [4.78, 5) is 12.8. The Morgan fingerprint density at radius 3 is 2.38 bits per heavy atom. The van der Waals surface area contributed by atoms with Crippen LogP contribution >= 0.6 is 0 Å². The second-order valence-corrected chi connectivity index (χ2v) is 2.77. The highest BCUT2D eigenvalue weighted by molar-refractivity contribution is 5.79. The number of allylic oxidation sites excluding steroid dienone is 1. The van der Waals surface area contributed by atoms with Crippen LogP contribution in [-0.2, 0) is 0 Å². The van der Waals surface area contributed by atoms with Gasteiger partial charge in [0.1, 0.15) is 0 Å². The van der Waals surface area contributed by atoms with Crippen LogP contribution in [0.4, 0.5) is 4.79 Å². The van der Waals surface area contributed by atoms with E-state index in [9.17, 15) is 4.79 Å². The van der Waals surface area contributed by atoms with Gasteiger partial charge in [0.25, 0.3) is 0 Å². The zero-order valence-electron chi connectivity index (χ0n) is 8.79. The molecule has 1 aliphatic heterocycles. The maximum absolute atomic E-state index is 11.1. The summed E-state index contributed by atoms with van der Waals surface area (Å²) in [5.74, 6) is 0. The number of nitrogens with one attached hydrogen (secondary N) is 1. The van der Waals surface area contributed by atoms with Gasteiger partial charge in [0.05, 0.1) is 0 Å². The molecular formula is C10H18N2O. The topological polar surface area (TPSA) is 32.3 Å². The van der Waals surface area contributed by atoms with Gasteiger partial charge in [0.2, 0.25) is 0 Å². The highest BCUT2D eigenvalue weighted by atomic mass is 16.2. The highest BCUT2D eigenvalue weighted by Gasteiger charge is 2.17. The van der Waals surface area contributed by atoms with Crippen molar-refractivity contribution < 1.29 is 4.79 Å². The molecule has 0 radical (unpaired) electrons. The Hall–Kier alpha value is -1.25. The zero-order valence-corrected chi connectivity index (χ0v) is 8.79. The minimum Gasteiger partial charge on any atom is -0.308 e. The summed E-state index contributed by atoms with van der Waals surface area (Å²) < 4.78 is 0. The van der Waals surface area contributed by atoms with Crippen molar-refractivity contribution in [2.75, 3.05) is 0 Å². The van der Waals surface area contributed by atoms with Gasteiger partial charge < -0.3 is 5.32 Å². The van der Waals surface area contributed by atoms with Crippen molar-refractivity contribution in [3.63, 3.8) is 0 Å². The van der Waals surface area contributed by atoms with Gasteiger partial charge in [-0.25, -0.2) is 4.79 Å². The smallest absolute Gasteiger partial charge is 0.308 e. The van der Waals surface area contributed by atoms with E-state index in [0.717, 1.165) is 0 Å². The lowest BCUT2D eigenvalue weighted by molar-refractivity contribution is 0.207. The molecule has 0 fully saturated rings. The van der Waals surface area contributed by atoms with Crippen molar-refractivity contribution in [2.45, 2.75) is 33.7 Å². The fourth-order valence-electron chi connectivity index (χ4n) is 0.888. The molecule has 0 saturated carbocycles. The van der Waals surface area contributed by atoms with Crippen LogP contribution in [0.25, 0.3) is 0 Å². The number of carbonyl (C=O) groups is 1. The maximum Gasteiger partial charge on any atom is 0.326 e. The van der Waals surface area contributed by atoms with E-state index >= 15 is 0 Å². The van der Waals surface area contributed by atoms with Crippen LogP contribution in [0.3, 0.4) is 0 Å². The molecule has 0 spiro atoms. The standard InChI is InChI=1S/C8H12N2O.C2H6/c1-6(2)10-5-4-7(3)9-8(10)11;1-2/h4-6H,3H2,1-2H3,(H,9,11);1-2H3. The fourth-order valence-corrected chi connectivity index (χ4v) is 0.888. The predicted octanol–water partition coefficient (Wildman–Crippen LogP) is 2.47. The molecule has 0 aliphatic carbocycles. The van der Waals surface area contributed by atoms with E-state index in [1.165, 1.54) is 0 Å². The normalized spacial score (nSPS) is 15.3. The molecule has 0 saturated heterocycles. The molecule has 1 N–H and O–H groups in total. The number of hydrogen-bond acceptors (Lipinski definition) is 1. The number of hydrogen-bond donors (Lipinski definition) is 1. The molecule has 1 rings (SSSR count). The van der Waals surface area contributed by atoms with Gasteiger partial charge in [-0.2, -0.15) is 0 Å². The van der Waals surface area contributed by atoms with Crippen molar-refractivity contribution in [1.29, 1.82) is 0 Å². The number of nitrogens with zero attached hydrogens (tertiary/aromatic N) is 1. The fraction of sp³-hybridized carbons (Fsp3) is 0.500. The number of urea groups is 1. The zero-order chi connectivity index (χ0) is 10.4. The quantitative estimate of drug-likeness (QED) is 0.663. The lowest BCUT2D eigenvalue weighted by Crippen LogP contribution is -2.42. The maximum atomic E-state index is 11.1. The van der Waals surface area contributed by atoms with E-state index in [1.807, 2.05) is 27.7 Å². The van der Waals surface area contributed by atoms with Crippen molar-refractivity contribution in [3.8, 4) is 0 Å². The van der Waals surface area contributed by atoms with E-state index in [1.54, 1.807) is 17.2 Å². The van der Waals surface area contributed by atoms with E-state index in [-0.39, 0.29) is 12.1 Å². The van der Waals surface area contributed by atoms with E-state index in [4.69, 9.17) is 0 Å². The number of amides is 2. The van der Waals surface area contributed by atoms with Gasteiger partial charge in [-0.05, 0) is 19.9 Å². The second kappa shape index (κ2) is 5.41. The Balaban J connectivity index is 0.000000671. The second-order valence-electron chi connectivity index (χ2n) is 2.77. The summed E-state index contributed by atoms with van der Waals surface area (Å²) in [6.07, 6.45) is 3.52. The average molecular weight is 182 g/mol. The van der Waals surface area contributed by atoms with Crippen LogP contribution in [0.2, 0.25) is 0 Å². The Labute approximate surface area is 80.1 Å². The summed E-state index contributed by atoms with van der Waals surface area (Å²) in [5, 5.41) is 2.62. The summed E-state index contributed by atoms with van der Waals surface area (Å²) in [6, 6.07) is 0.0897. The molecule has 3 heteroatoms. The number of carbonyl (C=O) groups excluding carboxylic acids is 1. The monoisotopic (exact) mass is 182 g/mol. The van der Waals surface area contributed by atoms with E-state index < -0.39 is 0 Å². The Kier molecular flexibility index (Phi) is 4.89. The number of rotatable bonds is 1. The van der Waals surface area contributed by atoms with Crippen molar-refractivity contribution in [1.82, 2.24) is 10.2 Å². The third-order valence-electron chi connectivity index (χ3n) is 1.49. The van der Waals surface area contributed by atoms with Crippen LogP contribution in [-0.4, -0.2) is 17.0 Å². The third-order valence-corrected chi connectivity index (χ3v) is 1.49. The van der Waals surface area contributed by atoms with Crippen LogP contribution in [0.5, 0.6) is 0 Å². The lowest BCUT2D eigenvalue weighted by atomic mass is 10.3. The molecule has 0 unspecified atom stereocenters. The molecule has 1 aliphatic rings. The summed E-state index contributed by atoms with van der Waals surface area (Å²) in [6.45, 7) is 11.5. The minimum absolute atomic E-state index is 0.104. The van der Waals surface area contributed by atoms with Gasteiger partial charge >= 0.3 is 6.03 Å². The van der Waals surface area contributed by atoms with Crippen LogP contribution < -0.4 is 5.32 Å². The Bertz CT molecular complexity index is 219. The molecule has 74 valence electrons. The lowest BCUT2D eigenvalue weighted by Gasteiger charge is -2.26. The molecule has 13 heavy (non-hydrogen) atoms. The van der Waals surface area contributed by atoms with Crippen molar-refractivity contribution in [3.05, 3.63) is 24.6 Å². The molecule has 0 atom stereocenters. The van der Waals surface area contributed by atoms with E-state index in [2.05, 4.69) is 11.9 Å². The van der Waals surface area contributed by atoms with Gasteiger partial charge in [0, 0.05) is 17.9 Å². The van der Waals surface area contributed by atoms with Gasteiger partial charge in [-0.3, -0.25) is 4.90 Å². The predicted molar refractivity (Wildman–Crippen MR) is 55.1 cm³/mol. The Morgan fingerprint density at radius 1 is 1.46 bits per heavy atom. The first-order chi connectivity index (χ1) is 6.11. The molecule has 0 aromatic rings. The van der Waals surface area contributed by atoms with Gasteiger partial charge in [0.15, 0.2) is 0 Å². The third kappa shape index (κ3) is 3.32. The first kappa shape index (κ1) is 11.8. The first-order valence-electron chi connectivity index (χ1n) is 4.57. The molecule has 3 nitrogen and oxygen atoms in total. The molecule has 2 amide bonds. The summed E-state index contributed by atoms with van der Waals surface area (Å²) in [7, 11) is 0. The molecule has 1 heterocycles. The average Bonchev–Trinajstić information content (AvgIpc) is 2.07. The van der Waals surface area contributed by atoms with Gasteiger partial charge in [-0.15, -0.1) is 0 Å². The van der Waals surface area contributed by atoms with E-state index in [0.29, 0.717) is 5.70 Å². The van der Waals surface area contributed by atoms with Crippen LogP contribution in [0.1, 0.15) is 27.7 Å². The molecule has 0 bridgehead atoms. The van der Waals surface area contributed by atoms with Gasteiger partial charge in [-0.1, -0.05) is 20.4 Å². The van der Waals surface area contributed by atoms with Crippen molar-refractivity contribution in [2.24, 2.45) is 0 Å². The van der Waals surface area contributed by atoms with Crippen molar-refractivity contribution >= 4 is 6.03 Å². The largest absolute Gasteiger partial charge is 0.326 e. The van der Waals surface area contributed by atoms with Crippen LogP contribution in [0, 0.1) is 0 Å². The molecule has 0 aromatic carbocycles. The highest BCUT2D eigenvalue weighted by Crippen LogP contribution is 2.06. The SMILES string of the molecule is C=C1C=CN(C(C)C)C(=O)N1.CC. The van der Waals surface area contributed by atoms with Crippen LogP contribution in [0.15, 0.2) is 24.6 Å². The summed E-state index contributed by atoms with van der Waals surface area (Å²) in [5.41, 5.74) is 0.645. The minimum atomic E-state index is -0.104. The summed E-state index contributed by atoms with van der Waals surface area (Å²) >= 11 is 0. The molecular weight excluding hydrogens is 164 g/mol. The Morgan fingerprint density at radius 2 is 2.00 bits per heavy atom. The first-order valence-corrected chi connectivity index (χ1v) is 4.57.